The molecule has 4 nitrogen and oxygen atoms in total. The van der Waals surface area contributed by atoms with Crippen molar-refractivity contribution >= 4 is 28.9 Å². The SMILES string of the molecule is Cc1cccc(N(C)C(=O)COC(=O)c2ccc(C)s2)c1. The summed E-state index contributed by atoms with van der Waals surface area (Å²) in [4.78, 5) is 26.9. The van der Waals surface area contributed by atoms with Crippen molar-refractivity contribution < 1.29 is 14.3 Å². The molecule has 21 heavy (non-hydrogen) atoms. The maximum Gasteiger partial charge on any atom is 0.348 e. The van der Waals surface area contributed by atoms with Crippen LogP contribution in [0.5, 0.6) is 0 Å². The highest BCUT2D eigenvalue weighted by Gasteiger charge is 2.15. The number of rotatable bonds is 4. The zero-order valence-corrected chi connectivity index (χ0v) is 13.1. The second-order valence-electron chi connectivity index (χ2n) is 4.78. The molecule has 0 spiro atoms. The Hall–Kier alpha value is -2.14. The number of hydrogen-bond acceptors (Lipinski definition) is 4. The molecule has 0 atom stereocenters. The first kappa shape index (κ1) is 15.3. The minimum Gasteiger partial charge on any atom is -0.451 e. The Morgan fingerprint density at radius 3 is 2.57 bits per heavy atom. The molecule has 0 saturated carbocycles. The number of nitrogens with zero attached hydrogens (tertiary/aromatic N) is 1. The van der Waals surface area contributed by atoms with Crippen molar-refractivity contribution in [2.75, 3.05) is 18.6 Å². The van der Waals surface area contributed by atoms with E-state index in [2.05, 4.69) is 0 Å². The van der Waals surface area contributed by atoms with Crippen LogP contribution in [0.1, 0.15) is 20.1 Å². The predicted octanol–water partition coefficient (Wildman–Crippen LogP) is 3.18. The van der Waals surface area contributed by atoms with E-state index >= 15 is 0 Å². The molecule has 0 saturated heterocycles. The summed E-state index contributed by atoms with van der Waals surface area (Å²) in [6.07, 6.45) is 0. The number of benzene rings is 1. The molecule has 2 rings (SSSR count). The Balaban J connectivity index is 1.94. The number of likely N-dealkylation sites (N-methyl/N-ethyl adjacent to an activating group) is 1. The molecule has 0 fully saturated rings. The standard InChI is InChI=1S/C16H17NO3S/c1-11-5-4-6-13(9-11)17(3)15(18)10-20-16(19)14-8-7-12(2)21-14/h4-9H,10H2,1-3H3. The number of amides is 1. The lowest BCUT2D eigenvalue weighted by Gasteiger charge is -2.17. The smallest absolute Gasteiger partial charge is 0.348 e. The topological polar surface area (TPSA) is 46.6 Å². The van der Waals surface area contributed by atoms with Gasteiger partial charge in [0, 0.05) is 17.6 Å². The molecule has 5 heteroatoms. The fraction of sp³-hybridized carbons (Fsp3) is 0.250. The van der Waals surface area contributed by atoms with Gasteiger partial charge in [0.1, 0.15) is 4.88 Å². The molecule has 1 aromatic carbocycles. The summed E-state index contributed by atoms with van der Waals surface area (Å²) >= 11 is 1.35. The number of carbonyl (C=O) groups is 2. The van der Waals surface area contributed by atoms with Gasteiger partial charge in [0.15, 0.2) is 6.61 Å². The third kappa shape index (κ3) is 3.92. The van der Waals surface area contributed by atoms with Gasteiger partial charge in [-0.2, -0.15) is 0 Å². The summed E-state index contributed by atoms with van der Waals surface area (Å²) in [6.45, 7) is 3.61. The lowest BCUT2D eigenvalue weighted by atomic mass is 10.2. The highest BCUT2D eigenvalue weighted by molar-refractivity contribution is 7.13. The van der Waals surface area contributed by atoms with Crippen molar-refractivity contribution in [1.82, 2.24) is 0 Å². The Kier molecular flexibility index (Phi) is 4.75. The van der Waals surface area contributed by atoms with Crippen LogP contribution in [0.25, 0.3) is 0 Å². The second kappa shape index (κ2) is 6.54. The van der Waals surface area contributed by atoms with Gasteiger partial charge in [0.05, 0.1) is 0 Å². The van der Waals surface area contributed by atoms with Crippen molar-refractivity contribution in [3.05, 3.63) is 51.7 Å². The number of thiophene rings is 1. The van der Waals surface area contributed by atoms with Crippen LogP contribution in [-0.4, -0.2) is 25.5 Å². The number of anilines is 1. The molecule has 1 aromatic heterocycles. The number of hydrogen-bond donors (Lipinski definition) is 0. The van der Waals surface area contributed by atoms with Crippen LogP contribution in [0.2, 0.25) is 0 Å². The van der Waals surface area contributed by atoms with E-state index in [0.29, 0.717) is 4.88 Å². The summed E-state index contributed by atoms with van der Waals surface area (Å²) < 4.78 is 5.06. The number of ether oxygens (including phenoxy) is 1. The Morgan fingerprint density at radius 1 is 1.19 bits per heavy atom. The summed E-state index contributed by atoms with van der Waals surface area (Å²) in [5.41, 5.74) is 1.85. The number of esters is 1. The predicted molar refractivity (Wildman–Crippen MR) is 83.9 cm³/mol. The summed E-state index contributed by atoms with van der Waals surface area (Å²) in [5.74, 6) is -0.721. The van der Waals surface area contributed by atoms with Crippen molar-refractivity contribution in [1.29, 1.82) is 0 Å². The van der Waals surface area contributed by atoms with E-state index in [-0.39, 0.29) is 12.5 Å². The molecular weight excluding hydrogens is 286 g/mol. The van der Waals surface area contributed by atoms with Gasteiger partial charge >= 0.3 is 5.97 Å². The van der Waals surface area contributed by atoms with Gasteiger partial charge in [-0.3, -0.25) is 4.79 Å². The molecule has 2 aromatic rings. The van der Waals surface area contributed by atoms with E-state index in [1.807, 2.05) is 44.2 Å². The van der Waals surface area contributed by atoms with Crippen LogP contribution in [0.15, 0.2) is 36.4 Å². The first-order chi connectivity index (χ1) is 9.97. The van der Waals surface area contributed by atoms with Crippen molar-refractivity contribution in [3.8, 4) is 0 Å². The van der Waals surface area contributed by atoms with E-state index in [1.165, 1.54) is 16.2 Å². The van der Waals surface area contributed by atoms with Gasteiger partial charge in [0.2, 0.25) is 0 Å². The average molecular weight is 303 g/mol. The highest BCUT2D eigenvalue weighted by Crippen LogP contribution is 2.17. The van der Waals surface area contributed by atoms with E-state index in [9.17, 15) is 9.59 Å². The van der Waals surface area contributed by atoms with Crippen LogP contribution in [0, 0.1) is 13.8 Å². The minimum atomic E-state index is -0.459. The van der Waals surface area contributed by atoms with Gasteiger partial charge < -0.3 is 9.64 Å². The lowest BCUT2D eigenvalue weighted by Crippen LogP contribution is -2.31. The summed E-state index contributed by atoms with van der Waals surface area (Å²) in [7, 11) is 1.67. The number of aryl methyl sites for hydroxylation is 2. The largest absolute Gasteiger partial charge is 0.451 e. The number of carbonyl (C=O) groups excluding carboxylic acids is 2. The zero-order valence-electron chi connectivity index (χ0n) is 12.3. The van der Waals surface area contributed by atoms with Crippen LogP contribution in [0.4, 0.5) is 5.69 Å². The summed E-state index contributed by atoms with van der Waals surface area (Å²) in [5, 5.41) is 0. The minimum absolute atomic E-state index is 0.262. The highest BCUT2D eigenvalue weighted by atomic mass is 32.1. The molecule has 1 amide bonds. The molecule has 0 bridgehead atoms. The molecule has 0 unspecified atom stereocenters. The third-order valence-electron chi connectivity index (χ3n) is 3.03. The fourth-order valence-electron chi connectivity index (χ4n) is 1.82. The normalized spacial score (nSPS) is 10.2. The van der Waals surface area contributed by atoms with E-state index in [4.69, 9.17) is 4.74 Å². The molecule has 1 heterocycles. The Bertz CT molecular complexity index is 663. The second-order valence-corrected chi connectivity index (χ2v) is 6.07. The molecule has 0 aliphatic rings. The van der Waals surface area contributed by atoms with E-state index in [0.717, 1.165) is 16.1 Å². The first-order valence-electron chi connectivity index (χ1n) is 6.54. The Morgan fingerprint density at radius 2 is 1.95 bits per heavy atom. The van der Waals surface area contributed by atoms with Crippen LogP contribution in [0.3, 0.4) is 0 Å². The van der Waals surface area contributed by atoms with Crippen molar-refractivity contribution in [2.45, 2.75) is 13.8 Å². The van der Waals surface area contributed by atoms with Crippen molar-refractivity contribution in [3.63, 3.8) is 0 Å². The molecule has 110 valence electrons. The van der Waals surface area contributed by atoms with Crippen LogP contribution >= 0.6 is 11.3 Å². The Labute approximate surface area is 128 Å². The third-order valence-corrected chi connectivity index (χ3v) is 4.01. The van der Waals surface area contributed by atoms with Gasteiger partial charge in [-0.1, -0.05) is 12.1 Å². The van der Waals surface area contributed by atoms with Gasteiger partial charge in [-0.05, 0) is 43.7 Å². The molecule has 0 aliphatic carbocycles. The van der Waals surface area contributed by atoms with Gasteiger partial charge in [-0.15, -0.1) is 11.3 Å². The molecule has 0 aliphatic heterocycles. The first-order valence-corrected chi connectivity index (χ1v) is 7.36. The monoisotopic (exact) mass is 303 g/mol. The average Bonchev–Trinajstić information content (AvgIpc) is 2.90. The maximum atomic E-state index is 12.0. The van der Waals surface area contributed by atoms with E-state index in [1.54, 1.807) is 13.1 Å². The lowest BCUT2D eigenvalue weighted by molar-refractivity contribution is -0.121. The van der Waals surface area contributed by atoms with Gasteiger partial charge in [-0.25, -0.2) is 4.79 Å². The quantitative estimate of drug-likeness (QED) is 0.815. The molecule has 0 radical (unpaired) electrons. The van der Waals surface area contributed by atoms with Crippen molar-refractivity contribution in [2.24, 2.45) is 0 Å². The summed E-state index contributed by atoms with van der Waals surface area (Å²) in [6, 6.07) is 11.1. The van der Waals surface area contributed by atoms with Crippen LogP contribution in [-0.2, 0) is 9.53 Å². The fourth-order valence-corrected chi connectivity index (χ4v) is 2.58. The molecular formula is C16H17NO3S. The zero-order chi connectivity index (χ0) is 15.4. The maximum absolute atomic E-state index is 12.0. The van der Waals surface area contributed by atoms with Crippen LogP contribution < -0.4 is 4.90 Å². The van der Waals surface area contributed by atoms with E-state index < -0.39 is 5.97 Å². The van der Waals surface area contributed by atoms with Gasteiger partial charge in [0.25, 0.3) is 5.91 Å². The molecule has 0 N–H and O–H groups in total.